The Kier molecular flexibility index (Phi) is 6.58. The molecule has 0 aliphatic heterocycles. The Morgan fingerprint density at radius 1 is 1.33 bits per heavy atom. The van der Waals surface area contributed by atoms with Crippen LogP contribution in [0, 0.1) is 0 Å². The van der Waals surface area contributed by atoms with Gasteiger partial charge in [0.2, 0.25) is 10.0 Å². The van der Waals surface area contributed by atoms with Crippen LogP contribution in [0.15, 0.2) is 41.8 Å². The first kappa shape index (κ1) is 17.4. The van der Waals surface area contributed by atoms with Crippen molar-refractivity contribution in [1.29, 1.82) is 0 Å². The average molecular weight is 311 g/mol. The lowest BCUT2D eigenvalue weighted by Gasteiger charge is -2.17. The molecule has 0 aromatic heterocycles. The highest BCUT2D eigenvalue weighted by Gasteiger charge is 2.20. The van der Waals surface area contributed by atoms with E-state index >= 15 is 0 Å². The summed E-state index contributed by atoms with van der Waals surface area (Å²) in [5.41, 5.74) is 0.718. The smallest absolute Gasteiger partial charge is 0.309 e. The summed E-state index contributed by atoms with van der Waals surface area (Å²) in [5.74, 6) is -0.354. The van der Waals surface area contributed by atoms with Crippen molar-refractivity contribution in [3.8, 4) is 0 Å². The van der Waals surface area contributed by atoms with Crippen LogP contribution in [0.25, 0.3) is 0 Å². The van der Waals surface area contributed by atoms with E-state index in [-0.39, 0.29) is 17.3 Å². The number of hydrogen-bond acceptors (Lipinski definition) is 4. The zero-order valence-corrected chi connectivity index (χ0v) is 13.2. The summed E-state index contributed by atoms with van der Waals surface area (Å²) in [6, 6.07) is 6.28. The molecule has 0 saturated heterocycles. The lowest BCUT2D eigenvalue weighted by molar-refractivity contribution is -0.139. The van der Waals surface area contributed by atoms with E-state index in [1.165, 1.54) is 23.5 Å². The van der Waals surface area contributed by atoms with Gasteiger partial charge < -0.3 is 4.74 Å². The fraction of sp³-hybridized carbons (Fsp3) is 0.400. The van der Waals surface area contributed by atoms with E-state index in [1.807, 2.05) is 0 Å². The van der Waals surface area contributed by atoms with Crippen LogP contribution in [0.1, 0.15) is 18.4 Å². The molecule has 0 radical (unpaired) electrons. The van der Waals surface area contributed by atoms with Crippen molar-refractivity contribution < 1.29 is 17.9 Å². The Balaban J connectivity index is 2.79. The molecule has 116 valence electrons. The highest BCUT2D eigenvalue weighted by Crippen LogP contribution is 2.16. The maximum absolute atomic E-state index is 12.3. The van der Waals surface area contributed by atoms with Crippen molar-refractivity contribution in [1.82, 2.24) is 4.31 Å². The second-order valence-corrected chi connectivity index (χ2v) is 6.70. The molecule has 0 atom stereocenters. The monoisotopic (exact) mass is 311 g/mol. The maximum Gasteiger partial charge on any atom is 0.309 e. The molecular weight excluding hydrogens is 290 g/mol. The van der Waals surface area contributed by atoms with Gasteiger partial charge in [-0.2, -0.15) is 0 Å². The van der Waals surface area contributed by atoms with Gasteiger partial charge in [0.25, 0.3) is 0 Å². The minimum atomic E-state index is -3.49. The minimum absolute atomic E-state index is 0.131. The summed E-state index contributed by atoms with van der Waals surface area (Å²) in [5, 5.41) is 0. The van der Waals surface area contributed by atoms with Crippen LogP contribution in [0.3, 0.4) is 0 Å². The van der Waals surface area contributed by atoms with Gasteiger partial charge in [0, 0.05) is 13.6 Å². The first-order chi connectivity index (χ1) is 9.91. The van der Waals surface area contributed by atoms with Gasteiger partial charge in [0.1, 0.15) is 0 Å². The summed E-state index contributed by atoms with van der Waals surface area (Å²) in [4.78, 5) is 11.4. The normalized spacial score (nSPS) is 11.4. The van der Waals surface area contributed by atoms with E-state index in [9.17, 15) is 13.2 Å². The zero-order chi connectivity index (χ0) is 15.9. The van der Waals surface area contributed by atoms with Crippen molar-refractivity contribution in [2.24, 2.45) is 0 Å². The summed E-state index contributed by atoms with van der Waals surface area (Å²) < 4.78 is 30.5. The molecule has 1 aromatic rings. The highest BCUT2D eigenvalue weighted by atomic mass is 32.2. The SMILES string of the molecule is C=CCCCN(C)S(=O)(=O)c1ccc(CC(=O)OC)cc1. The largest absolute Gasteiger partial charge is 0.469 e. The summed E-state index contributed by atoms with van der Waals surface area (Å²) in [6.45, 7) is 4.06. The Labute approximate surface area is 126 Å². The van der Waals surface area contributed by atoms with Crippen LogP contribution in [-0.4, -0.2) is 39.4 Å². The maximum atomic E-state index is 12.3. The number of sulfonamides is 1. The minimum Gasteiger partial charge on any atom is -0.469 e. The number of hydrogen-bond donors (Lipinski definition) is 0. The number of nitrogens with zero attached hydrogens (tertiary/aromatic N) is 1. The van der Waals surface area contributed by atoms with Crippen molar-refractivity contribution in [3.63, 3.8) is 0 Å². The molecule has 0 heterocycles. The standard InChI is InChI=1S/C15H21NO4S/c1-4-5-6-11-16(2)21(18,19)14-9-7-13(8-10-14)12-15(17)20-3/h4,7-10H,1,5-6,11-12H2,2-3H3. The van der Waals surface area contributed by atoms with Crippen molar-refractivity contribution >= 4 is 16.0 Å². The Hall–Kier alpha value is -1.66. The third-order valence-corrected chi connectivity index (χ3v) is 4.96. The van der Waals surface area contributed by atoms with E-state index in [1.54, 1.807) is 25.3 Å². The molecule has 0 unspecified atom stereocenters. The van der Waals surface area contributed by atoms with Crippen LogP contribution in [-0.2, 0) is 26.0 Å². The van der Waals surface area contributed by atoms with E-state index in [0.29, 0.717) is 6.54 Å². The fourth-order valence-electron chi connectivity index (χ4n) is 1.78. The Morgan fingerprint density at radius 3 is 2.48 bits per heavy atom. The van der Waals surface area contributed by atoms with E-state index in [4.69, 9.17) is 0 Å². The molecule has 0 fully saturated rings. The summed E-state index contributed by atoms with van der Waals surface area (Å²) >= 11 is 0. The van der Waals surface area contributed by atoms with Crippen molar-refractivity contribution in [2.75, 3.05) is 20.7 Å². The molecule has 0 aliphatic carbocycles. The van der Waals surface area contributed by atoms with Gasteiger partial charge in [-0.25, -0.2) is 12.7 Å². The average Bonchev–Trinajstić information content (AvgIpc) is 2.47. The molecule has 0 bridgehead atoms. The van der Waals surface area contributed by atoms with Gasteiger partial charge in [-0.05, 0) is 30.5 Å². The molecule has 1 rings (SSSR count). The van der Waals surface area contributed by atoms with Crippen molar-refractivity contribution in [2.45, 2.75) is 24.2 Å². The highest BCUT2D eigenvalue weighted by molar-refractivity contribution is 7.89. The molecule has 0 aliphatic rings. The van der Waals surface area contributed by atoms with Crippen LogP contribution >= 0.6 is 0 Å². The number of esters is 1. The Morgan fingerprint density at radius 2 is 1.95 bits per heavy atom. The molecule has 6 heteroatoms. The molecule has 1 aromatic carbocycles. The zero-order valence-electron chi connectivity index (χ0n) is 12.4. The number of rotatable bonds is 8. The first-order valence-corrected chi connectivity index (χ1v) is 8.09. The molecule has 0 spiro atoms. The van der Waals surface area contributed by atoms with Gasteiger partial charge >= 0.3 is 5.97 Å². The number of allylic oxidation sites excluding steroid dienone is 1. The van der Waals surface area contributed by atoms with Crippen LogP contribution in [0.2, 0.25) is 0 Å². The van der Waals surface area contributed by atoms with Crippen LogP contribution in [0.5, 0.6) is 0 Å². The molecule has 0 N–H and O–H groups in total. The third-order valence-electron chi connectivity index (χ3n) is 3.09. The predicted molar refractivity (Wildman–Crippen MR) is 81.4 cm³/mol. The van der Waals surface area contributed by atoms with Gasteiger partial charge in [-0.3, -0.25) is 4.79 Å². The number of ether oxygens (including phenoxy) is 1. The lowest BCUT2D eigenvalue weighted by atomic mass is 10.2. The third kappa shape index (κ3) is 4.99. The topological polar surface area (TPSA) is 63.7 Å². The number of benzene rings is 1. The van der Waals surface area contributed by atoms with Crippen LogP contribution in [0.4, 0.5) is 0 Å². The van der Waals surface area contributed by atoms with Crippen molar-refractivity contribution in [3.05, 3.63) is 42.5 Å². The second kappa shape index (κ2) is 7.95. The number of methoxy groups -OCH3 is 1. The molecule has 0 saturated carbocycles. The number of unbranched alkanes of at least 4 members (excludes halogenated alkanes) is 1. The molecular formula is C15H21NO4S. The Bertz CT molecular complexity index is 578. The lowest BCUT2D eigenvalue weighted by Crippen LogP contribution is -2.27. The summed E-state index contributed by atoms with van der Waals surface area (Å²) in [6.07, 6.45) is 3.41. The fourth-order valence-corrected chi connectivity index (χ4v) is 2.99. The molecule has 21 heavy (non-hydrogen) atoms. The van der Waals surface area contributed by atoms with Gasteiger partial charge in [-0.1, -0.05) is 18.2 Å². The van der Waals surface area contributed by atoms with E-state index in [2.05, 4.69) is 11.3 Å². The number of carbonyl (C=O) groups is 1. The number of carbonyl (C=O) groups excluding carboxylic acids is 1. The first-order valence-electron chi connectivity index (χ1n) is 6.64. The predicted octanol–water partition coefficient (Wildman–Crippen LogP) is 1.99. The quantitative estimate of drug-likeness (QED) is 0.418. The van der Waals surface area contributed by atoms with E-state index in [0.717, 1.165) is 18.4 Å². The van der Waals surface area contributed by atoms with Gasteiger partial charge in [0.15, 0.2) is 0 Å². The van der Waals surface area contributed by atoms with Gasteiger partial charge in [0.05, 0.1) is 18.4 Å². The van der Waals surface area contributed by atoms with E-state index < -0.39 is 10.0 Å². The summed E-state index contributed by atoms with van der Waals surface area (Å²) in [7, 11) is -0.612. The van der Waals surface area contributed by atoms with Crippen LogP contribution < -0.4 is 0 Å². The molecule has 0 amide bonds. The molecule has 5 nitrogen and oxygen atoms in total. The van der Waals surface area contributed by atoms with Gasteiger partial charge in [-0.15, -0.1) is 6.58 Å². The second-order valence-electron chi connectivity index (χ2n) is 4.65.